The van der Waals surface area contributed by atoms with Gasteiger partial charge in [0.15, 0.2) is 11.5 Å². The van der Waals surface area contributed by atoms with Crippen molar-refractivity contribution in [2.24, 2.45) is 0 Å². The quantitative estimate of drug-likeness (QED) is 0.654. The van der Waals surface area contributed by atoms with Crippen LogP contribution in [-0.4, -0.2) is 0 Å². The molecule has 1 aromatic rings. The Labute approximate surface area is 92.2 Å². The molecule has 2 rings (SSSR count). The van der Waals surface area contributed by atoms with Gasteiger partial charge in [0.05, 0.1) is 0 Å². The Hall–Kier alpha value is 0.500. The maximum atomic E-state index is 5.67. The van der Waals surface area contributed by atoms with E-state index in [1.54, 1.807) is 0 Å². The normalized spacial score (nSPS) is 15.2. The third kappa shape index (κ3) is 1.58. The van der Waals surface area contributed by atoms with Gasteiger partial charge in [0.2, 0.25) is 0 Å². The molecule has 0 saturated heterocycles. The van der Waals surface area contributed by atoms with Crippen molar-refractivity contribution in [3.8, 4) is 11.5 Å². The lowest BCUT2D eigenvalue weighted by Crippen LogP contribution is -1.73. The van der Waals surface area contributed by atoms with Gasteiger partial charge in [-0.3, -0.25) is 0 Å². The molecule has 0 radical (unpaired) electrons. The second-order valence-corrected chi connectivity index (χ2v) is 5.44. The van der Waals surface area contributed by atoms with Crippen molar-refractivity contribution in [1.82, 2.24) is 0 Å². The fourth-order valence-corrected chi connectivity index (χ4v) is 2.55. The zero-order valence-corrected chi connectivity index (χ0v) is 10.4. The molecule has 0 aromatic heterocycles. The zero-order chi connectivity index (χ0) is 8.72. The van der Waals surface area contributed by atoms with E-state index in [2.05, 4.69) is 31.9 Å². The van der Waals surface area contributed by atoms with Crippen LogP contribution in [0.4, 0.5) is 0 Å². The maximum Gasteiger partial charge on any atom is 0.401 e. The Balaban J connectivity index is 2.48. The Bertz CT molecular complexity index is 303. The molecule has 0 atom stereocenters. The monoisotopic (exact) mass is 330 g/mol. The van der Waals surface area contributed by atoms with Crippen LogP contribution >= 0.6 is 50.8 Å². The van der Waals surface area contributed by atoms with Crippen molar-refractivity contribution in [2.75, 3.05) is 0 Å². The highest BCUT2D eigenvalue weighted by Gasteiger charge is 2.25. The van der Waals surface area contributed by atoms with Crippen LogP contribution in [0.5, 0.6) is 11.5 Å². The third-order valence-corrected chi connectivity index (χ3v) is 4.27. The first-order valence-corrected chi connectivity index (χ1v) is 6.64. The largest absolute Gasteiger partial charge is 0.423 e. The van der Waals surface area contributed by atoms with Crippen LogP contribution in [-0.2, 0) is 0 Å². The van der Waals surface area contributed by atoms with Gasteiger partial charge in [-0.15, -0.1) is 0 Å². The molecule has 0 aliphatic carbocycles. The van der Waals surface area contributed by atoms with Crippen LogP contribution in [0.3, 0.4) is 0 Å². The molecular weight excluding hydrogens is 330 g/mol. The topological polar surface area (TPSA) is 18.5 Å². The molecule has 0 saturated carbocycles. The summed E-state index contributed by atoms with van der Waals surface area (Å²) in [5.74, 6) is 1.37. The van der Waals surface area contributed by atoms with Crippen LogP contribution in [0.2, 0.25) is 0 Å². The van der Waals surface area contributed by atoms with Gasteiger partial charge < -0.3 is 9.05 Å². The zero-order valence-electron chi connectivity index (χ0n) is 5.55. The Morgan fingerprint density at radius 3 is 1.92 bits per heavy atom. The minimum Gasteiger partial charge on any atom is -0.423 e. The van der Waals surface area contributed by atoms with E-state index in [1.807, 2.05) is 12.1 Å². The van der Waals surface area contributed by atoms with Gasteiger partial charge in [0.1, 0.15) is 0 Å². The van der Waals surface area contributed by atoms with Crippen molar-refractivity contribution >= 4 is 50.8 Å². The van der Waals surface area contributed by atoms with E-state index < -0.39 is 7.73 Å². The van der Waals surface area contributed by atoms with E-state index in [0.717, 1.165) is 8.95 Å². The van der Waals surface area contributed by atoms with Crippen molar-refractivity contribution < 1.29 is 9.05 Å². The second kappa shape index (κ2) is 3.33. The van der Waals surface area contributed by atoms with E-state index in [1.165, 1.54) is 0 Å². The molecule has 0 amide bonds. The number of halogens is 3. The van der Waals surface area contributed by atoms with Gasteiger partial charge in [-0.2, -0.15) is 0 Å². The van der Waals surface area contributed by atoms with Crippen molar-refractivity contribution in [3.05, 3.63) is 21.1 Å². The molecule has 0 fully saturated rings. The maximum absolute atomic E-state index is 5.67. The number of fused-ring (bicyclic) bond motifs is 1. The van der Waals surface area contributed by atoms with Gasteiger partial charge >= 0.3 is 7.73 Å². The summed E-state index contributed by atoms with van der Waals surface area (Å²) < 4.78 is 12.2. The number of benzene rings is 1. The Morgan fingerprint density at radius 1 is 1.08 bits per heavy atom. The summed E-state index contributed by atoms with van der Waals surface area (Å²) >= 11 is 12.4. The van der Waals surface area contributed by atoms with Crippen LogP contribution in [0, 0.1) is 0 Å². The molecule has 12 heavy (non-hydrogen) atoms. The summed E-state index contributed by atoms with van der Waals surface area (Å²) in [5, 5.41) is 0. The standard InChI is InChI=1S/C6H2Br2ClO2P/c7-3-1-5-6(2-4(3)8)11-12(9)10-5/h1-2H. The molecule has 2 nitrogen and oxygen atoms in total. The van der Waals surface area contributed by atoms with E-state index in [9.17, 15) is 0 Å². The predicted octanol–water partition coefficient (Wildman–Crippen LogP) is 4.45. The highest BCUT2D eigenvalue weighted by molar-refractivity contribution is 9.13. The molecule has 0 bridgehead atoms. The first-order valence-electron chi connectivity index (χ1n) is 2.98. The lowest BCUT2D eigenvalue weighted by molar-refractivity contribution is 0.595. The minimum atomic E-state index is -1.29. The average molecular weight is 332 g/mol. The fraction of sp³-hybridized carbons (Fsp3) is 0. The molecule has 0 unspecified atom stereocenters. The Kier molecular flexibility index (Phi) is 2.52. The van der Waals surface area contributed by atoms with Gasteiger partial charge in [0.25, 0.3) is 0 Å². The number of hydrogen-bond donors (Lipinski definition) is 0. The smallest absolute Gasteiger partial charge is 0.401 e. The molecular formula is C6H2Br2ClO2P. The van der Waals surface area contributed by atoms with E-state index in [4.69, 9.17) is 20.3 Å². The van der Waals surface area contributed by atoms with Crippen molar-refractivity contribution in [2.45, 2.75) is 0 Å². The summed E-state index contributed by atoms with van der Waals surface area (Å²) in [7, 11) is -1.29. The average Bonchev–Trinajstić information content (AvgIpc) is 2.30. The van der Waals surface area contributed by atoms with Crippen LogP contribution in [0.15, 0.2) is 21.1 Å². The second-order valence-electron chi connectivity index (χ2n) is 2.11. The SMILES string of the molecule is ClP1Oc2cc(Br)c(Br)cc2O1. The molecule has 6 heteroatoms. The molecule has 1 heterocycles. The Morgan fingerprint density at radius 2 is 1.50 bits per heavy atom. The first kappa shape index (κ1) is 9.07. The number of rotatable bonds is 0. The molecule has 1 aliphatic rings. The lowest BCUT2D eigenvalue weighted by atomic mass is 10.3. The van der Waals surface area contributed by atoms with Crippen LogP contribution in [0.25, 0.3) is 0 Å². The number of hydrogen-bond acceptors (Lipinski definition) is 2. The van der Waals surface area contributed by atoms with E-state index in [-0.39, 0.29) is 0 Å². The first-order chi connectivity index (χ1) is 5.66. The van der Waals surface area contributed by atoms with Crippen LogP contribution < -0.4 is 9.05 Å². The van der Waals surface area contributed by atoms with Crippen molar-refractivity contribution in [3.63, 3.8) is 0 Å². The predicted molar refractivity (Wildman–Crippen MR) is 55.9 cm³/mol. The summed E-state index contributed by atoms with van der Waals surface area (Å²) in [5.41, 5.74) is 0. The molecule has 64 valence electrons. The summed E-state index contributed by atoms with van der Waals surface area (Å²) in [4.78, 5) is 0. The van der Waals surface area contributed by atoms with Gasteiger partial charge in [-0.1, -0.05) is 0 Å². The third-order valence-electron chi connectivity index (χ3n) is 1.33. The van der Waals surface area contributed by atoms with Crippen molar-refractivity contribution in [1.29, 1.82) is 0 Å². The molecule has 1 aromatic carbocycles. The molecule has 1 aliphatic heterocycles. The van der Waals surface area contributed by atoms with Gasteiger partial charge in [0, 0.05) is 8.95 Å². The lowest BCUT2D eigenvalue weighted by Gasteiger charge is -1.97. The fourth-order valence-electron chi connectivity index (χ4n) is 0.826. The summed E-state index contributed by atoms with van der Waals surface area (Å²) in [6, 6.07) is 3.65. The highest BCUT2D eigenvalue weighted by Crippen LogP contribution is 2.56. The minimum absolute atomic E-state index is 0.686. The van der Waals surface area contributed by atoms with E-state index >= 15 is 0 Å². The summed E-state index contributed by atoms with van der Waals surface area (Å²) in [6.45, 7) is 0. The summed E-state index contributed by atoms with van der Waals surface area (Å²) in [6.07, 6.45) is 0. The van der Waals surface area contributed by atoms with Gasteiger partial charge in [-0.05, 0) is 55.2 Å². The molecule has 0 N–H and O–H groups in total. The highest BCUT2D eigenvalue weighted by atomic mass is 79.9. The van der Waals surface area contributed by atoms with Crippen LogP contribution in [0.1, 0.15) is 0 Å². The van der Waals surface area contributed by atoms with Gasteiger partial charge in [-0.25, -0.2) is 0 Å². The molecule has 0 spiro atoms. The van der Waals surface area contributed by atoms with E-state index in [0.29, 0.717) is 11.5 Å².